The first-order chi connectivity index (χ1) is 12.9. The minimum Gasteiger partial charge on any atom is -0.337 e. The number of carbonyl (C=O) groups is 2. The van der Waals surface area contributed by atoms with E-state index >= 15 is 0 Å². The average molecular weight is 405 g/mol. The van der Waals surface area contributed by atoms with Gasteiger partial charge in [0.25, 0.3) is 5.91 Å². The molecule has 0 aliphatic carbocycles. The van der Waals surface area contributed by atoms with Crippen LogP contribution >= 0.6 is 22.9 Å². The first-order valence-electron chi connectivity index (χ1n) is 9.05. The molecule has 2 aliphatic rings. The molecule has 142 valence electrons. The molecule has 0 saturated carbocycles. The van der Waals surface area contributed by atoms with Gasteiger partial charge in [-0.1, -0.05) is 17.7 Å². The Morgan fingerprint density at radius 3 is 2.74 bits per heavy atom. The van der Waals surface area contributed by atoms with E-state index in [0.717, 1.165) is 30.1 Å². The average Bonchev–Trinajstić information content (AvgIpc) is 3.18. The Morgan fingerprint density at radius 2 is 2.07 bits per heavy atom. The second kappa shape index (κ2) is 7.20. The smallest absolute Gasteiger partial charge is 0.272 e. The normalized spacial score (nSPS) is 19.1. The molecule has 8 heteroatoms. The minimum absolute atomic E-state index is 0.0271. The van der Waals surface area contributed by atoms with Crippen molar-refractivity contribution in [3.8, 4) is 0 Å². The number of carbonyl (C=O) groups excluding carboxylic acids is 2. The van der Waals surface area contributed by atoms with E-state index in [9.17, 15) is 9.59 Å². The van der Waals surface area contributed by atoms with Gasteiger partial charge in [0.1, 0.15) is 10.8 Å². The molecule has 4 heterocycles. The van der Waals surface area contributed by atoms with Gasteiger partial charge >= 0.3 is 0 Å². The van der Waals surface area contributed by atoms with Crippen molar-refractivity contribution in [3.63, 3.8) is 0 Å². The molecule has 4 rings (SSSR count). The Kier molecular flexibility index (Phi) is 4.90. The summed E-state index contributed by atoms with van der Waals surface area (Å²) in [6.45, 7) is 4.59. The lowest BCUT2D eigenvalue weighted by atomic mass is 9.77. The van der Waals surface area contributed by atoms with Gasteiger partial charge in [-0.25, -0.2) is 9.97 Å². The summed E-state index contributed by atoms with van der Waals surface area (Å²) >= 11 is 7.51. The van der Waals surface area contributed by atoms with E-state index < -0.39 is 0 Å². The molecule has 0 aromatic carbocycles. The quantitative estimate of drug-likeness (QED) is 0.737. The van der Waals surface area contributed by atoms with Gasteiger partial charge in [-0.05, 0) is 31.9 Å². The van der Waals surface area contributed by atoms with Gasteiger partial charge in [0, 0.05) is 36.9 Å². The summed E-state index contributed by atoms with van der Waals surface area (Å²) in [5, 5.41) is 3.36. The maximum atomic E-state index is 12.6. The first-order valence-corrected chi connectivity index (χ1v) is 10.3. The van der Waals surface area contributed by atoms with E-state index in [1.165, 1.54) is 0 Å². The van der Waals surface area contributed by atoms with Crippen molar-refractivity contribution in [2.45, 2.75) is 32.7 Å². The number of hydrogen-bond donors (Lipinski definition) is 0. The highest BCUT2D eigenvalue weighted by Gasteiger charge is 2.45. The summed E-state index contributed by atoms with van der Waals surface area (Å²) in [4.78, 5) is 37.5. The molecular formula is C19H21ClN4O2S. The van der Waals surface area contributed by atoms with Crippen molar-refractivity contribution >= 4 is 34.8 Å². The number of halogens is 1. The Morgan fingerprint density at radius 1 is 1.30 bits per heavy atom. The van der Waals surface area contributed by atoms with E-state index in [1.807, 2.05) is 22.1 Å². The van der Waals surface area contributed by atoms with Crippen LogP contribution in [0.3, 0.4) is 0 Å². The Balaban J connectivity index is 1.38. The fraction of sp³-hybridized carbons (Fsp3) is 0.474. The lowest BCUT2D eigenvalue weighted by Gasteiger charge is -2.38. The Bertz CT molecular complexity index is 876. The van der Waals surface area contributed by atoms with Gasteiger partial charge in [0.2, 0.25) is 5.91 Å². The van der Waals surface area contributed by atoms with Crippen molar-refractivity contribution in [3.05, 3.63) is 45.1 Å². The van der Waals surface area contributed by atoms with Crippen LogP contribution in [0.15, 0.2) is 23.6 Å². The fourth-order valence-electron chi connectivity index (χ4n) is 4.01. The number of likely N-dealkylation sites (tertiary alicyclic amines) is 2. The second-order valence-electron chi connectivity index (χ2n) is 7.42. The zero-order valence-corrected chi connectivity index (χ0v) is 16.7. The highest BCUT2D eigenvalue weighted by atomic mass is 35.5. The van der Waals surface area contributed by atoms with E-state index in [0.29, 0.717) is 36.9 Å². The maximum Gasteiger partial charge on any atom is 0.272 e. The van der Waals surface area contributed by atoms with Crippen LogP contribution in [0.25, 0.3) is 0 Å². The predicted octanol–water partition coefficient (Wildman–Crippen LogP) is 3.15. The van der Waals surface area contributed by atoms with Gasteiger partial charge < -0.3 is 9.80 Å². The second-order valence-corrected chi connectivity index (χ2v) is 8.87. The van der Waals surface area contributed by atoms with Crippen LogP contribution in [-0.4, -0.2) is 51.2 Å². The van der Waals surface area contributed by atoms with Crippen molar-refractivity contribution in [1.29, 1.82) is 0 Å². The third kappa shape index (κ3) is 3.84. The summed E-state index contributed by atoms with van der Waals surface area (Å²) in [5.41, 5.74) is 1.31. The molecular weight excluding hydrogens is 384 g/mol. The van der Waals surface area contributed by atoms with E-state index in [1.54, 1.807) is 29.5 Å². The molecule has 2 amide bonds. The number of aryl methyl sites for hydroxylation is 1. The highest BCUT2D eigenvalue weighted by Crippen LogP contribution is 2.41. The van der Waals surface area contributed by atoms with E-state index in [-0.39, 0.29) is 17.2 Å². The molecule has 0 N–H and O–H groups in total. The molecule has 2 fully saturated rings. The number of nitrogens with zero attached hydrogens (tertiary/aromatic N) is 4. The zero-order valence-electron chi connectivity index (χ0n) is 15.2. The van der Waals surface area contributed by atoms with Crippen LogP contribution < -0.4 is 0 Å². The fourth-order valence-corrected chi connectivity index (χ4v) is 4.78. The van der Waals surface area contributed by atoms with Gasteiger partial charge in [-0.3, -0.25) is 9.59 Å². The van der Waals surface area contributed by atoms with Crippen LogP contribution in [0, 0.1) is 12.3 Å². The number of amides is 2. The molecule has 0 atom stereocenters. The zero-order chi connectivity index (χ0) is 19.0. The molecule has 0 radical (unpaired) electrons. The molecule has 2 aromatic rings. The minimum atomic E-state index is -0.0912. The van der Waals surface area contributed by atoms with Crippen LogP contribution in [0.4, 0.5) is 0 Å². The van der Waals surface area contributed by atoms with Gasteiger partial charge in [-0.2, -0.15) is 0 Å². The highest BCUT2D eigenvalue weighted by molar-refractivity contribution is 7.09. The van der Waals surface area contributed by atoms with Crippen LogP contribution in [0.2, 0.25) is 5.15 Å². The third-order valence-corrected chi connectivity index (χ3v) is 6.50. The topological polar surface area (TPSA) is 66.4 Å². The molecule has 0 unspecified atom stereocenters. The van der Waals surface area contributed by atoms with Crippen LogP contribution in [0.5, 0.6) is 0 Å². The monoisotopic (exact) mass is 404 g/mol. The van der Waals surface area contributed by atoms with Crippen LogP contribution in [-0.2, 0) is 11.3 Å². The van der Waals surface area contributed by atoms with E-state index in [4.69, 9.17) is 11.6 Å². The molecule has 0 bridgehead atoms. The van der Waals surface area contributed by atoms with Crippen molar-refractivity contribution in [1.82, 2.24) is 19.8 Å². The number of piperidine rings is 1. The SMILES string of the molecule is Cc1nc(CN2CC3(CCN(C(=O)c4cccc(Cl)n4)CC3)CC2=O)cs1. The van der Waals surface area contributed by atoms with Crippen molar-refractivity contribution < 1.29 is 9.59 Å². The van der Waals surface area contributed by atoms with Crippen molar-refractivity contribution in [2.75, 3.05) is 19.6 Å². The Labute approximate surface area is 167 Å². The van der Waals surface area contributed by atoms with Gasteiger partial charge in [0.05, 0.1) is 17.2 Å². The van der Waals surface area contributed by atoms with Gasteiger partial charge in [0.15, 0.2) is 0 Å². The third-order valence-electron chi connectivity index (χ3n) is 5.47. The molecule has 2 aliphatic heterocycles. The summed E-state index contributed by atoms with van der Waals surface area (Å²) in [7, 11) is 0. The number of aromatic nitrogens is 2. The molecule has 2 saturated heterocycles. The van der Waals surface area contributed by atoms with E-state index in [2.05, 4.69) is 9.97 Å². The lowest BCUT2D eigenvalue weighted by molar-refractivity contribution is -0.128. The lowest BCUT2D eigenvalue weighted by Crippen LogP contribution is -2.44. The summed E-state index contributed by atoms with van der Waals surface area (Å²) in [5.74, 6) is 0.100. The molecule has 2 aromatic heterocycles. The maximum absolute atomic E-state index is 12.6. The number of pyridine rings is 1. The first kappa shape index (κ1) is 18.4. The standard InChI is InChI=1S/C19H21ClN4O2S/c1-13-21-14(11-27-13)10-24-12-19(9-17(24)25)5-7-23(8-6-19)18(26)15-3-2-4-16(20)22-15/h2-4,11H,5-10,12H2,1H3. The van der Waals surface area contributed by atoms with Crippen molar-refractivity contribution in [2.24, 2.45) is 5.41 Å². The Hall–Kier alpha value is -1.99. The van der Waals surface area contributed by atoms with Crippen LogP contribution in [0.1, 0.15) is 40.5 Å². The molecule has 27 heavy (non-hydrogen) atoms. The summed E-state index contributed by atoms with van der Waals surface area (Å²) < 4.78 is 0. The van der Waals surface area contributed by atoms with Gasteiger partial charge in [-0.15, -0.1) is 11.3 Å². The summed E-state index contributed by atoms with van der Waals surface area (Å²) in [6, 6.07) is 5.09. The number of hydrogen-bond acceptors (Lipinski definition) is 5. The summed E-state index contributed by atoms with van der Waals surface area (Å²) in [6.07, 6.45) is 2.23. The molecule has 6 nitrogen and oxygen atoms in total. The number of thiazole rings is 1. The molecule has 1 spiro atoms. The largest absolute Gasteiger partial charge is 0.337 e. The predicted molar refractivity (Wildman–Crippen MR) is 104 cm³/mol. The number of rotatable bonds is 3.